The van der Waals surface area contributed by atoms with E-state index in [0.717, 1.165) is 11.5 Å². The molecule has 2 amide bonds. The number of aromatic nitrogens is 2. The summed E-state index contributed by atoms with van der Waals surface area (Å²) in [6.45, 7) is 0.843. The van der Waals surface area contributed by atoms with Crippen molar-refractivity contribution in [3.05, 3.63) is 6.20 Å². The van der Waals surface area contributed by atoms with Crippen LogP contribution >= 0.6 is 11.5 Å². The molecule has 1 aromatic rings. The summed E-state index contributed by atoms with van der Waals surface area (Å²) >= 11 is 1.09. The Morgan fingerprint density at radius 1 is 1.59 bits per heavy atom. The van der Waals surface area contributed by atoms with Crippen molar-refractivity contribution in [2.45, 2.75) is 12.8 Å². The van der Waals surface area contributed by atoms with Gasteiger partial charge in [0.1, 0.15) is 5.00 Å². The maximum atomic E-state index is 11.8. The molecule has 1 fully saturated rings. The predicted molar refractivity (Wildman–Crippen MR) is 60.9 cm³/mol. The number of anilines is 1. The third-order valence-corrected chi connectivity index (χ3v) is 3.23. The van der Waals surface area contributed by atoms with Crippen LogP contribution in [-0.4, -0.2) is 44.7 Å². The molecule has 2 N–H and O–H groups in total. The van der Waals surface area contributed by atoms with E-state index in [9.17, 15) is 9.59 Å². The Bertz CT molecular complexity index is 408. The molecule has 17 heavy (non-hydrogen) atoms. The average Bonchev–Trinajstić information content (AvgIpc) is 2.82. The number of carboxylic acid groups (broad SMARTS) is 1. The van der Waals surface area contributed by atoms with Gasteiger partial charge in [0, 0.05) is 24.6 Å². The Balaban J connectivity index is 1.93. The summed E-state index contributed by atoms with van der Waals surface area (Å²) in [7, 11) is 0. The van der Waals surface area contributed by atoms with Crippen LogP contribution in [0.4, 0.5) is 9.80 Å². The molecule has 0 saturated carbocycles. The van der Waals surface area contributed by atoms with E-state index >= 15 is 0 Å². The summed E-state index contributed by atoms with van der Waals surface area (Å²) < 4.78 is 3.63. The molecule has 0 spiro atoms. The van der Waals surface area contributed by atoms with Crippen LogP contribution in [0.2, 0.25) is 0 Å². The maximum Gasteiger partial charge on any atom is 0.322 e. The molecule has 0 aromatic carbocycles. The number of nitrogens with one attached hydrogen (secondary N) is 1. The summed E-state index contributed by atoms with van der Waals surface area (Å²) in [5, 5.41) is 15.7. The van der Waals surface area contributed by atoms with E-state index in [0.29, 0.717) is 24.4 Å². The van der Waals surface area contributed by atoms with Gasteiger partial charge >= 0.3 is 12.0 Å². The monoisotopic (exact) mass is 256 g/mol. The normalized spacial score (nSPS) is 20.0. The predicted octanol–water partition coefficient (Wildman–Crippen LogP) is 0.867. The fraction of sp³-hybridized carbons (Fsp3) is 0.556. The van der Waals surface area contributed by atoms with E-state index in [4.69, 9.17) is 5.11 Å². The first-order chi connectivity index (χ1) is 8.16. The number of piperidine rings is 1. The third-order valence-electron chi connectivity index (χ3n) is 2.65. The third kappa shape index (κ3) is 2.90. The lowest BCUT2D eigenvalue weighted by Gasteiger charge is -2.30. The number of carbonyl (C=O) groups excluding carboxylic acids is 1. The first kappa shape index (κ1) is 11.8. The molecule has 1 saturated heterocycles. The van der Waals surface area contributed by atoms with Crippen LogP contribution in [-0.2, 0) is 4.79 Å². The van der Waals surface area contributed by atoms with E-state index in [1.54, 1.807) is 0 Å². The molecule has 8 heteroatoms. The van der Waals surface area contributed by atoms with Crippen LogP contribution in [0, 0.1) is 5.92 Å². The molecule has 2 heterocycles. The summed E-state index contributed by atoms with van der Waals surface area (Å²) in [5.74, 6) is -1.31. The van der Waals surface area contributed by atoms with Gasteiger partial charge in [0.05, 0.1) is 12.1 Å². The van der Waals surface area contributed by atoms with E-state index in [1.165, 1.54) is 11.1 Å². The molecule has 0 radical (unpaired) electrons. The van der Waals surface area contributed by atoms with E-state index in [-0.39, 0.29) is 12.6 Å². The van der Waals surface area contributed by atoms with Gasteiger partial charge in [0.15, 0.2) is 0 Å². The summed E-state index contributed by atoms with van der Waals surface area (Å²) in [6, 6.07) is -0.290. The molecule has 2 rings (SSSR count). The number of nitrogens with zero attached hydrogens (tertiary/aromatic N) is 3. The molecule has 7 nitrogen and oxygen atoms in total. The molecule has 1 aliphatic heterocycles. The highest BCUT2D eigenvalue weighted by molar-refractivity contribution is 7.10. The number of urea groups is 1. The van der Waals surface area contributed by atoms with Crippen molar-refractivity contribution < 1.29 is 14.7 Å². The molecule has 0 bridgehead atoms. The molecular formula is C9H12N4O3S. The van der Waals surface area contributed by atoms with Gasteiger partial charge in [-0.3, -0.25) is 10.1 Å². The number of hydrogen-bond acceptors (Lipinski definition) is 5. The van der Waals surface area contributed by atoms with Gasteiger partial charge in [-0.25, -0.2) is 4.79 Å². The zero-order chi connectivity index (χ0) is 12.3. The van der Waals surface area contributed by atoms with Crippen LogP contribution in [0.15, 0.2) is 6.20 Å². The van der Waals surface area contributed by atoms with Crippen molar-refractivity contribution in [1.82, 2.24) is 14.5 Å². The van der Waals surface area contributed by atoms with Crippen molar-refractivity contribution in [1.29, 1.82) is 0 Å². The van der Waals surface area contributed by atoms with Crippen molar-refractivity contribution in [2.24, 2.45) is 5.92 Å². The number of carboxylic acids is 1. The van der Waals surface area contributed by atoms with Crippen LogP contribution < -0.4 is 5.32 Å². The van der Waals surface area contributed by atoms with Gasteiger partial charge < -0.3 is 10.0 Å². The van der Waals surface area contributed by atoms with Crippen LogP contribution in [0.1, 0.15) is 12.8 Å². The highest BCUT2D eigenvalue weighted by atomic mass is 32.1. The Morgan fingerprint density at radius 2 is 2.41 bits per heavy atom. The molecule has 1 aliphatic rings. The molecule has 1 aromatic heterocycles. The highest BCUT2D eigenvalue weighted by Gasteiger charge is 2.28. The number of amides is 2. The second kappa shape index (κ2) is 5.09. The van der Waals surface area contributed by atoms with Gasteiger partial charge in [-0.2, -0.15) is 0 Å². The minimum atomic E-state index is -0.845. The van der Waals surface area contributed by atoms with E-state index in [2.05, 4.69) is 14.9 Å². The summed E-state index contributed by atoms with van der Waals surface area (Å²) in [4.78, 5) is 24.2. The zero-order valence-corrected chi connectivity index (χ0v) is 9.81. The van der Waals surface area contributed by atoms with E-state index < -0.39 is 11.9 Å². The lowest BCUT2D eigenvalue weighted by Crippen LogP contribution is -2.44. The SMILES string of the molecule is O=C(O)[C@@H]1CCCN(C(=O)Nc2cnns2)C1. The Hall–Kier alpha value is -1.70. The quantitative estimate of drug-likeness (QED) is 0.818. The summed E-state index contributed by atoms with van der Waals surface area (Å²) in [6.07, 6.45) is 2.80. The topological polar surface area (TPSA) is 95.4 Å². The lowest BCUT2D eigenvalue weighted by atomic mass is 9.99. The number of rotatable bonds is 2. The maximum absolute atomic E-state index is 11.8. The molecule has 0 aliphatic carbocycles. The zero-order valence-electron chi connectivity index (χ0n) is 9.00. The van der Waals surface area contributed by atoms with Crippen molar-refractivity contribution >= 4 is 28.5 Å². The minimum absolute atomic E-state index is 0.257. The van der Waals surface area contributed by atoms with E-state index in [1.807, 2.05) is 0 Å². The van der Waals surface area contributed by atoms with Crippen LogP contribution in [0.25, 0.3) is 0 Å². The Morgan fingerprint density at radius 3 is 3.06 bits per heavy atom. The average molecular weight is 256 g/mol. The molecule has 1 atom stereocenters. The largest absolute Gasteiger partial charge is 0.481 e. The number of likely N-dealkylation sites (tertiary alicyclic amines) is 1. The summed E-state index contributed by atoms with van der Waals surface area (Å²) in [5.41, 5.74) is 0. The fourth-order valence-electron chi connectivity index (χ4n) is 1.77. The van der Waals surface area contributed by atoms with Gasteiger partial charge in [-0.15, -0.1) is 5.10 Å². The standard InChI is InChI=1S/C9H12N4O3S/c14-8(15)6-2-1-3-13(5-6)9(16)11-7-4-10-12-17-7/h4,6H,1-3,5H2,(H,11,16)(H,14,15)/t6-/m1/s1. The molecule has 0 unspecified atom stereocenters. The van der Waals surface area contributed by atoms with Crippen molar-refractivity contribution in [3.63, 3.8) is 0 Å². The number of carbonyl (C=O) groups is 2. The molecule has 92 valence electrons. The van der Waals surface area contributed by atoms with Crippen molar-refractivity contribution in [3.8, 4) is 0 Å². The fourth-order valence-corrected chi connectivity index (χ4v) is 2.18. The van der Waals surface area contributed by atoms with Gasteiger partial charge in [0.25, 0.3) is 0 Å². The second-order valence-corrected chi connectivity index (χ2v) is 4.62. The first-order valence-corrected chi connectivity index (χ1v) is 6.00. The van der Waals surface area contributed by atoms with Crippen LogP contribution in [0.3, 0.4) is 0 Å². The van der Waals surface area contributed by atoms with Crippen LogP contribution in [0.5, 0.6) is 0 Å². The Labute approximate surface area is 102 Å². The van der Waals surface area contributed by atoms with Gasteiger partial charge in [-0.1, -0.05) is 4.49 Å². The number of aliphatic carboxylic acids is 1. The minimum Gasteiger partial charge on any atom is -0.481 e. The first-order valence-electron chi connectivity index (χ1n) is 5.23. The lowest BCUT2D eigenvalue weighted by molar-refractivity contribution is -0.143. The molecular weight excluding hydrogens is 244 g/mol. The second-order valence-electron chi connectivity index (χ2n) is 3.84. The number of hydrogen-bond donors (Lipinski definition) is 2. The highest BCUT2D eigenvalue weighted by Crippen LogP contribution is 2.18. The smallest absolute Gasteiger partial charge is 0.322 e. The van der Waals surface area contributed by atoms with Gasteiger partial charge in [-0.05, 0) is 12.8 Å². The Kier molecular flexibility index (Phi) is 3.52. The van der Waals surface area contributed by atoms with Crippen molar-refractivity contribution in [2.75, 3.05) is 18.4 Å². The van der Waals surface area contributed by atoms with Gasteiger partial charge in [0.2, 0.25) is 0 Å².